The maximum absolute atomic E-state index is 11.0. The molecule has 0 aromatic heterocycles. The van der Waals surface area contributed by atoms with Gasteiger partial charge in [0, 0.05) is 57.8 Å². The van der Waals surface area contributed by atoms with E-state index in [4.69, 9.17) is 9.29 Å². The first-order valence-electron chi connectivity index (χ1n) is 5.06. The average molecular weight is 277 g/mol. The van der Waals surface area contributed by atoms with Gasteiger partial charge in [-0.05, 0) is 19.3 Å². The van der Waals surface area contributed by atoms with Gasteiger partial charge < -0.3 is 4.74 Å². The molecule has 16 heavy (non-hydrogen) atoms. The van der Waals surface area contributed by atoms with Crippen LogP contribution in [0.4, 0.5) is 0 Å². The SMILES string of the molecule is CCCCC(=O)OCCCCS(=O)(=O)O.[K]. The summed E-state index contributed by atoms with van der Waals surface area (Å²) in [5.41, 5.74) is 0. The maximum Gasteiger partial charge on any atom is 0.305 e. The van der Waals surface area contributed by atoms with Gasteiger partial charge in [-0.1, -0.05) is 13.3 Å². The third-order valence-electron chi connectivity index (χ3n) is 1.79. The quantitative estimate of drug-likeness (QED) is 0.310. The van der Waals surface area contributed by atoms with Crippen molar-refractivity contribution in [3.63, 3.8) is 0 Å². The van der Waals surface area contributed by atoms with Gasteiger partial charge in [0.05, 0.1) is 12.4 Å². The summed E-state index contributed by atoms with van der Waals surface area (Å²) in [5, 5.41) is 0. The van der Waals surface area contributed by atoms with Crippen molar-refractivity contribution < 1.29 is 22.5 Å². The Hall–Kier alpha value is 1.02. The van der Waals surface area contributed by atoms with Crippen LogP contribution in [0.25, 0.3) is 0 Å². The molecule has 0 saturated heterocycles. The summed E-state index contributed by atoms with van der Waals surface area (Å²) in [6.07, 6.45) is 2.92. The van der Waals surface area contributed by atoms with Crippen LogP contribution in [0.2, 0.25) is 0 Å². The fraction of sp³-hybridized carbons (Fsp3) is 0.889. The van der Waals surface area contributed by atoms with E-state index >= 15 is 0 Å². The molecule has 0 fully saturated rings. The predicted molar refractivity (Wildman–Crippen MR) is 61.9 cm³/mol. The summed E-state index contributed by atoms with van der Waals surface area (Å²) in [5.74, 6) is -0.525. The molecule has 7 heteroatoms. The molecule has 1 radical (unpaired) electrons. The Morgan fingerprint density at radius 2 is 1.88 bits per heavy atom. The number of carbonyl (C=O) groups is 1. The van der Waals surface area contributed by atoms with Gasteiger partial charge in [0.15, 0.2) is 0 Å². The summed E-state index contributed by atoms with van der Waals surface area (Å²) in [7, 11) is -3.88. The third-order valence-corrected chi connectivity index (χ3v) is 2.60. The second-order valence-electron chi connectivity index (χ2n) is 3.32. The van der Waals surface area contributed by atoms with Crippen molar-refractivity contribution in [2.45, 2.75) is 39.0 Å². The maximum atomic E-state index is 11.0. The monoisotopic (exact) mass is 277 g/mol. The molecule has 91 valence electrons. The van der Waals surface area contributed by atoms with E-state index < -0.39 is 10.1 Å². The van der Waals surface area contributed by atoms with E-state index in [0.29, 0.717) is 19.3 Å². The van der Waals surface area contributed by atoms with E-state index in [0.717, 1.165) is 12.8 Å². The molecule has 0 aromatic carbocycles. The van der Waals surface area contributed by atoms with Crippen LogP contribution in [0.5, 0.6) is 0 Å². The Labute approximate surface area is 139 Å². The summed E-state index contributed by atoms with van der Waals surface area (Å²) < 4.78 is 33.9. The second-order valence-corrected chi connectivity index (χ2v) is 4.89. The van der Waals surface area contributed by atoms with Gasteiger partial charge >= 0.3 is 5.97 Å². The number of ether oxygens (including phenoxy) is 1. The summed E-state index contributed by atoms with van der Waals surface area (Å²) in [6.45, 7) is 2.21. The normalized spacial score (nSPS) is 10.6. The number of carbonyl (C=O) groups excluding carboxylic acids is 1. The Morgan fingerprint density at radius 3 is 2.38 bits per heavy atom. The summed E-state index contributed by atoms with van der Waals surface area (Å²) in [6, 6.07) is 0. The Bertz CT molecular complexity index is 276. The van der Waals surface area contributed by atoms with Gasteiger partial charge in [-0.25, -0.2) is 0 Å². The molecule has 0 heterocycles. The zero-order valence-corrected chi connectivity index (χ0v) is 13.9. The molecule has 0 saturated carbocycles. The van der Waals surface area contributed by atoms with Crippen LogP contribution in [0.15, 0.2) is 0 Å². The van der Waals surface area contributed by atoms with Gasteiger partial charge in [0.25, 0.3) is 10.1 Å². The minimum absolute atomic E-state index is 0. The van der Waals surface area contributed by atoms with Crippen LogP contribution < -0.4 is 0 Å². The Morgan fingerprint density at radius 1 is 1.25 bits per heavy atom. The third kappa shape index (κ3) is 15.0. The van der Waals surface area contributed by atoms with Crippen LogP contribution in [-0.2, 0) is 19.6 Å². The van der Waals surface area contributed by atoms with Crippen molar-refractivity contribution in [3.8, 4) is 0 Å². The standard InChI is InChI=1S/C9H18O5S.K/c1-2-3-6-9(10)14-7-4-5-8-15(11,12)13;/h2-8H2,1H3,(H,11,12,13);. The smallest absolute Gasteiger partial charge is 0.305 e. The van der Waals surface area contributed by atoms with E-state index in [1.807, 2.05) is 6.92 Å². The van der Waals surface area contributed by atoms with Gasteiger partial charge in [0.1, 0.15) is 0 Å². The van der Waals surface area contributed by atoms with E-state index in [9.17, 15) is 13.2 Å². The molecule has 0 bridgehead atoms. The zero-order valence-electron chi connectivity index (χ0n) is 9.94. The first-order valence-corrected chi connectivity index (χ1v) is 6.67. The molecule has 5 nitrogen and oxygen atoms in total. The Balaban J connectivity index is 0. The number of esters is 1. The topological polar surface area (TPSA) is 80.7 Å². The molecule has 0 unspecified atom stereocenters. The van der Waals surface area contributed by atoms with Gasteiger partial charge in [-0.3, -0.25) is 9.35 Å². The van der Waals surface area contributed by atoms with Crippen molar-refractivity contribution in [1.29, 1.82) is 0 Å². The van der Waals surface area contributed by atoms with E-state index in [1.165, 1.54) is 0 Å². The van der Waals surface area contributed by atoms with E-state index in [2.05, 4.69) is 0 Å². The van der Waals surface area contributed by atoms with Gasteiger partial charge in [-0.2, -0.15) is 8.42 Å². The predicted octanol–water partition coefficient (Wildman–Crippen LogP) is 1.01. The molecule has 0 amide bonds. The molecule has 0 rings (SSSR count). The molecular formula is C9H18KO5S. The first kappa shape index (κ1) is 19.4. The number of hydrogen-bond donors (Lipinski definition) is 1. The average Bonchev–Trinajstić information content (AvgIpc) is 2.12. The largest absolute Gasteiger partial charge is 0.466 e. The Kier molecular flexibility index (Phi) is 13.5. The molecular weight excluding hydrogens is 259 g/mol. The van der Waals surface area contributed by atoms with Gasteiger partial charge in [-0.15, -0.1) is 0 Å². The van der Waals surface area contributed by atoms with Crippen molar-refractivity contribution >= 4 is 67.5 Å². The molecule has 0 aliphatic carbocycles. The molecule has 0 aliphatic rings. The second kappa shape index (κ2) is 11.1. The van der Waals surface area contributed by atoms with Crippen molar-refractivity contribution in [2.75, 3.05) is 12.4 Å². The van der Waals surface area contributed by atoms with Crippen LogP contribution >= 0.6 is 0 Å². The minimum atomic E-state index is -3.88. The van der Waals surface area contributed by atoms with Crippen LogP contribution in [0.1, 0.15) is 39.0 Å². The minimum Gasteiger partial charge on any atom is -0.466 e. The van der Waals surface area contributed by atoms with Crippen LogP contribution in [0.3, 0.4) is 0 Å². The first-order chi connectivity index (χ1) is 6.95. The fourth-order valence-corrected chi connectivity index (χ4v) is 1.53. The molecule has 0 spiro atoms. The zero-order chi connectivity index (χ0) is 11.7. The van der Waals surface area contributed by atoms with Crippen molar-refractivity contribution in [2.24, 2.45) is 0 Å². The molecule has 0 aromatic rings. The van der Waals surface area contributed by atoms with Crippen LogP contribution in [0, 0.1) is 0 Å². The fourth-order valence-electron chi connectivity index (χ4n) is 0.966. The molecule has 0 atom stereocenters. The van der Waals surface area contributed by atoms with E-state index in [1.54, 1.807) is 0 Å². The van der Waals surface area contributed by atoms with E-state index in [-0.39, 0.29) is 69.7 Å². The summed E-state index contributed by atoms with van der Waals surface area (Å²) in [4.78, 5) is 11.0. The molecule has 1 N–H and O–H groups in total. The number of rotatable bonds is 8. The number of unbranched alkanes of at least 4 members (excludes halogenated alkanes) is 2. The van der Waals surface area contributed by atoms with Crippen molar-refractivity contribution in [3.05, 3.63) is 0 Å². The van der Waals surface area contributed by atoms with Gasteiger partial charge in [0.2, 0.25) is 0 Å². The van der Waals surface area contributed by atoms with Crippen LogP contribution in [-0.4, -0.2) is 82.7 Å². The van der Waals surface area contributed by atoms with Crippen molar-refractivity contribution in [1.82, 2.24) is 0 Å². The molecule has 0 aliphatic heterocycles. The number of hydrogen-bond acceptors (Lipinski definition) is 4. The summed E-state index contributed by atoms with van der Waals surface area (Å²) >= 11 is 0.